The van der Waals surface area contributed by atoms with Gasteiger partial charge in [0.15, 0.2) is 0 Å². The number of methoxy groups -OCH3 is 1. The van der Waals surface area contributed by atoms with Crippen molar-refractivity contribution >= 4 is 0 Å². The number of nitrogens with one attached hydrogen (secondary N) is 1. The predicted molar refractivity (Wildman–Crippen MR) is 78.3 cm³/mol. The van der Waals surface area contributed by atoms with Crippen molar-refractivity contribution < 1.29 is 4.74 Å². The van der Waals surface area contributed by atoms with E-state index in [1.54, 1.807) is 7.11 Å². The van der Waals surface area contributed by atoms with Gasteiger partial charge in [0.2, 0.25) is 0 Å². The molecule has 0 aliphatic rings. The summed E-state index contributed by atoms with van der Waals surface area (Å²) in [5, 5.41) is 3.57. The second-order valence-corrected chi connectivity index (χ2v) is 4.98. The van der Waals surface area contributed by atoms with Gasteiger partial charge in [-0.3, -0.25) is 0 Å². The molecule has 0 saturated carbocycles. The molecule has 2 heteroatoms. The third kappa shape index (κ3) is 4.69. The van der Waals surface area contributed by atoms with Gasteiger partial charge in [0.1, 0.15) is 5.75 Å². The summed E-state index contributed by atoms with van der Waals surface area (Å²) in [6.07, 6.45) is 5.21. The van der Waals surface area contributed by atoms with E-state index in [0.717, 1.165) is 12.3 Å². The standard InChI is InChI=1S/C16H27NO/c1-5-6-7-8-11-17-14(3)15-10-9-13(2)12-16(15)18-4/h9-10,12,14,17H,5-8,11H2,1-4H3. The van der Waals surface area contributed by atoms with E-state index < -0.39 is 0 Å². The fourth-order valence-electron chi connectivity index (χ4n) is 2.16. The molecule has 2 nitrogen and oxygen atoms in total. The fraction of sp³-hybridized carbons (Fsp3) is 0.625. The number of benzene rings is 1. The number of aryl methyl sites for hydroxylation is 1. The Balaban J connectivity index is 2.48. The molecule has 0 amide bonds. The van der Waals surface area contributed by atoms with Gasteiger partial charge in [0.25, 0.3) is 0 Å². The van der Waals surface area contributed by atoms with Gasteiger partial charge in [0.05, 0.1) is 7.11 Å². The third-order valence-corrected chi connectivity index (χ3v) is 3.34. The van der Waals surface area contributed by atoms with Crippen LogP contribution in [0.3, 0.4) is 0 Å². The Morgan fingerprint density at radius 1 is 1.22 bits per heavy atom. The van der Waals surface area contributed by atoms with E-state index in [9.17, 15) is 0 Å². The molecule has 0 bridgehead atoms. The maximum Gasteiger partial charge on any atom is 0.123 e. The molecule has 0 saturated heterocycles. The Labute approximate surface area is 112 Å². The molecular formula is C16H27NO. The van der Waals surface area contributed by atoms with Crippen molar-refractivity contribution in [3.63, 3.8) is 0 Å². The van der Waals surface area contributed by atoms with Crippen molar-refractivity contribution in [1.82, 2.24) is 5.32 Å². The van der Waals surface area contributed by atoms with Gasteiger partial charge < -0.3 is 10.1 Å². The summed E-state index contributed by atoms with van der Waals surface area (Å²) in [6, 6.07) is 6.76. The quantitative estimate of drug-likeness (QED) is 0.696. The van der Waals surface area contributed by atoms with Crippen molar-refractivity contribution in [3.8, 4) is 5.75 Å². The predicted octanol–water partition coefficient (Wildman–Crippen LogP) is 4.23. The summed E-state index contributed by atoms with van der Waals surface area (Å²) >= 11 is 0. The van der Waals surface area contributed by atoms with Gasteiger partial charge in [-0.15, -0.1) is 0 Å². The lowest BCUT2D eigenvalue weighted by molar-refractivity contribution is 0.400. The SMILES string of the molecule is CCCCCCNC(C)c1ccc(C)cc1OC. The van der Waals surface area contributed by atoms with E-state index in [-0.39, 0.29) is 0 Å². The van der Waals surface area contributed by atoms with E-state index in [0.29, 0.717) is 6.04 Å². The first-order chi connectivity index (χ1) is 8.69. The van der Waals surface area contributed by atoms with Crippen LogP contribution in [0.2, 0.25) is 0 Å². The molecule has 0 heterocycles. The molecule has 1 rings (SSSR count). The van der Waals surface area contributed by atoms with Crippen molar-refractivity contribution in [3.05, 3.63) is 29.3 Å². The number of unbranched alkanes of at least 4 members (excludes halogenated alkanes) is 3. The highest BCUT2D eigenvalue weighted by molar-refractivity contribution is 5.38. The minimum Gasteiger partial charge on any atom is -0.496 e. The molecular weight excluding hydrogens is 222 g/mol. The summed E-state index contributed by atoms with van der Waals surface area (Å²) in [4.78, 5) is 0. The van der Waals surface area contributed by atoms with Crippen LogP contribution in [0.15, 0.2) is 18.2 Å². The Hall–Kier alpha value is -1.02. The second-order valence-electron chi connectivity index (χ2n) is 4.98. The molecule has 18 heavy (non-hydrogen) atoms. The Kier molecular flexibility index (Phi) is 6.81. The molecule has 0 aliphatic heterocycles. The molecule has 0 aliphatic carbocycles. The van der Waals surface area contributed by atoms with E-state index >= 15 is 0 Å². The van der Waals surface area contributed by atoms with Gasteiger partial charge in [-0.1, -0.05) is 38.3 Å². The van der Waals surface area contributed by atoms with Crippen LogP contribution in [0.1, 0.15) is 56.7 Å². The maximum absolute atomic E-state index is 5.45. The first kappa shape index (κ1) is 15.0. The lowest BCUT2D eigenvalue weighted by Gasteiger charge is -2.17. The Bertz CT molecular complexity index is 349. The van der Waals surface area contributed by atoms with Gasteiger partial charge >= 0.3 is 0 Å². The van der Waals surface area contributed by atoms with Crippen LogP contribution in [0, 0.1) is 6.92 Å². The number of ether oxygens (including phenoxy) is 1. The molecule has 1 aromatic carbocycles. The average molecular weight is 249 g/mol. The van der Waals surface area contributed by atoms with Crippen LogP contribution < -0.4 is 10.1 Å². The van der Waals surface area contributed by atoms with Crippen molar-refractivity contribution in [2.45, 2.75) is 52.5 Å². The molecule has 1 N–H and O–H groups in total. The molecule has 1 unspecified atom stereocenters. The van der Waals surface area contributed by atoms with Crippen LogP contribution in [0.25, 0.3) is 0 Å². The van der Waals surface area contributed by atoms with Crippen LogP contribution in [0.5, 0.6) is 5.75 Å². The van der Waals surface area contributed by atoms with Gasteiger partial charge in [0, 0.05) is 11.6 Å². The Morgan fingerprint density at radius 3 is 2.67 bits per heavy atom. The summed E-state index contributed by atoms with van der Waals surface area (Å²) in [6.45, 7) is 7.62. The average Bonchev–Trinajstić information content (AvgIpc) is 2.38. The van der Waals surface area contributed by atoms with Crippen LogP contribution in [-0.4, -0.2) is 13.7 Å². The number of hydrogen-bond acceptors (Lipinski definition) is 2. The maximum atomic E-state index is 5.45. The van der Waals surface area contributed by atoms with Gasteiger partial charge in [-0.05, 0) is 38.4 Å². The zero-order valence-corrected chi connectivity index (χ0v) is 12.3. The zero-order valence-electron chi connectivity index (χ0n) is 12.3. The number of rotatable bonds is 8. The first-order valence-electron chi connectivity index (χ1n) is 7.07. The largest absolute Gasteiger partial charge is 0.496 e. The van der Waals surface area contributed by atoms with Gasteiger partial charge in [-0.25, -0.2) is 0 Å². The smallest absolute Gasteiger partial charge is 0.123 e. The van der Waals surface area contributed by atoms with E-state index in [1.165, 1.54) is 36.8 Å². The van der Waals surface area contributed by atoms with Crippen molar-refractivity contribution in [1.29, 1.82) is 0 Å². The molecule has 0 spiro atoms. The minimum atomic E-state index is 0.349. The molecule has 0 radical (unpaired) electrons. The summed E-state index contributed by atoms with van der Waals surface area (Å²) in [7, 11) is 1.74. The van der Waals surface area contributed by atoms with Crippen molar-refractivity contribution in [2.75, 3.05) is 13.7 Å². The highest BCUT2D eigenvalue weighted by atomic mass is 16.5. The molecule has 102 valence electrons. The minimum absolute atomic E-state index is 0.349. The normalized spacial score (nSPS) is 12.4. The topological polar surface area (TPSA) is 21.3 Å². The van der Waals surface area contributed by atoms with E-state index in [4.69, 9.17) is 4.74 Å². The van der Waals surface area contributed by atoms with Crippen LogP contribution >= 0.6 is 0 Å². The molecule has 1 aromatic rings. The highest BCUT2D eigenvalue weighted by Crippen LogP contribution is 2.25. The van der Waals surface area contributed by atoms with E-state index in [2.05, 4.69) is 44.3 Å². The van der Waals surface area contributed by atoms with E-state index in [1.807, 2.05) is 0 Å². The van der Waals surface area contributed by atoms with Crippen LogP contribution in [0.4, 0.5) is 0 Å². The summed E-state index contributed by atoms with van der Waals surface area (Å²) < 4.78 is 5.45. The highest BCUT2D eigenvalue weighted by Gasteiger charge is 2.10. The molecule has 0 fully saturated rings. The lowest BCUT2D eigenvalue weighted by Crippen LogP contribution is -2.20. The molecule has 0 aromatic heterocycles. The summed E-state index contributed by atoms with van der Waals surface area (Å²) in [5.74, 6) is 0.989. The lowest BCUT2D eigenvalue weighted by atomic mass is 10.0. The van der Waals surface area contributed by atoms with Crippen LogP contribution in [-0.2, 0) is 0 Å². The second kappa shape index (κ2) is 8.15. The third-order valence-electron chi connectivity index (χ3n) is 3.34. The molecule has 1 atom stereocenters. The Morgan fingerprint density at radius 2 is 2.00 bits per heavy atom. The zero-order chi connectivity index (χ0) is 13.4. The van der Waals surface area contributed by atoms with Crippen molar-refractivity contribution in [2.24, 2.45) is 0 Å². The fourth-order valence-corrected chi connectivity index (χ4v) is 2.16. The monoisotopic (exact) mass is 249 g/mol. The number of hydrogen-bond donors (Lipinski definition) is 1. The summed E-state index contributed by atoms with van der Waals surface area (Å²) in [5.41, 5.74) is 2.49. The van der Waals surface area contributed by atoms with Gasteiger partial charge in [-0.2, -0.15) is 0 Å². The first-order valence-corrected chi connectivity index (χ1v) is 7.07.